The molecule has 2 heterocycles. The Morgan fingerprint density at radius 2 is 1.91 bits per heavy atom. The number of anilines is 1. The van der Waals surface area contributed by atoms with Crippen molar-refractivity contribution in [3.63, 3.8) is 0 Å². The number of aromatic nitrogens is 1. The van der Waals surface area contributed by atoms with Gasteiger partial charge >= 0.3 is 0 Å². The molecule has 1 aliphatic rings. The molecule has 0 spiro atoms. The van der Waals surface area contributed by atoms with Gasteiger partial charge in [-0.25, -0.2) is 8.42 Å². The van der Waals surface area contributed by atoms with Crippen molar-refractivity contribution in [3.05, 3.63) is 89.7 Å². The first kappa shape index (κ1) is 25.0. The number of benzene rings is 2. The minimum atomic E-state index is -3.76. The molecular formula is C27H31N3O4S. The summed E-state index contributed by atoms with van der Waals surface area (Å²) in [5.41, 5.74) is 2.94. The molecule has 1 fully saturated rings. The van der Waals surface area contributed by atoms with Gasteiger partial charge in [-0.3, -0.25) is 9.78 Å². The standard InChI is InChI=1S/C27H31N3O4S/c1-20(2)21-11-13-23(14-12-21)29-27(31)22-7-5-10-26(17-22)35(32,33)30-16-6-9-25(18-30)34-19-24-8-3-4-15-28-24/h3-5,7-8,10-15,17,20,25H,6,9,16,18-19H2,1-2H3,(H,29,31). The molecular weight excluding hydrogens is 462 g/mol. The maximum Gasteiger partial charge on any atom is 0.255 e. The maximum atomic E-state index is 13.4. The number of hydrogen-bond donors (Lipinski definition) is 1. The lowest BCUT2D eigenvalue weighted by Crippen LogP contribution is -2.43. The van der Waals surface area contributed by atoms with Crippen molar-refractivity contribution in [2.24, 2.45) is 0 Å². The van der Waals surface area contributed by atoms with E-state index in [1.54, 1.807) is 18.3 Å². The topological polar surface area (TPSA) is 88.6 Å². The van der Waals surface area contributed by atoms with Crippen LogP contribution in [-0.4, -0.2) is 42.8 Å². The van der Waals surface area contributed by atoms with Crippen LogP contribution in [0.3, 0.4) is 0 Å². The number of ether oxygens (including phenoxy) is 1. The smallest absolute Gasteiger partial charge is 0.255 e. The highest BCUT2D eigenvalue weighted by atomic mass is 32.2. The third-order valence-electron chi connectivity index (χ3n) is 6.10. The van der Waals surface area contributed by atoms with Gasteiger partial charge in [0, 0.05) is 30.5 Å². The second-order valence-corrected chi connectivity index (χ2v) is 11.0. The monoisotopic (exact) mass is 493 g/mol. The molecule has 0 aliphatic carbocycles. The van der Waals surface area contributed by atoms with Gasteiger partial charge in [0.25, 0.3) is 5.91 Å². The fraction of sp³-hybridized carbons (Fsp3) is 0.333. The van der Waals surface area contributed by atoms with Crippen molar-refractivity contribution in [2.75, 3.05) is 18.4 Å². The summed E-state index contributed by atoms with van der Waals surface area (Å²) >= 11 is 0. The Bertz CT molecular complexity index is 1240. The molecule has 0 bridgehead atoms. The second kappa shape index (κ2) is 11.1. The number of hydrogen-bond acceptors (Lipinski definition) is 5. The van der Waals surface area contributed by atoms with Crippen molar-refractivity contribution < 1.29 is 17.9 Å². The SMILES string of the molecule is CC(C)c1ccc(NC(=O)c2cccc(S(=O)(=O)N3CCCC(OCc4ccccn4)C3)c2)cc1. The summed E-state index contributed by atoms with van der Waals surface area (Å²) in [7, 11) is -3.76. The van der Waals surface area contributed by atoms with Crippen molar-refractivity contribution in [1.82, 2.24) is 9.29 Å². The first-order chi connectivity index (χ1) is 16.8. The van der Waals surface area contributed by atoms with Gasteiger partial charge in [-0.15, -0.1) is 0 Å². The molecule has 4 rings (SSSR count). The van der Waals surface area contributed by atoms with E-state index in [4.69, 9.17) is 4.74 Å². The molecule has 2 aromatic carbocycles. The largest absolute Gasteiger partial charge is 0.371 e. The predicted octanol–water partition coefficient (Wildman–Crippen LogP) is 4.83. The predicted molar refractivity (Wildman–Crippen MR) is 136 cm³/mol. The fourth-order valence-electron chi connectivity index (χ4n) is 4.05. The van der Waals surface area contributed by atoms with Gasteiger partial charge in [-0.05, 0) is 66.8 Å². The Hall–Kier alpha value is -3.07. The summed E-state index contributed by atoms with van der Waals surface area (Å²) in [6.07, 6.45) is 3.00. The summed E-state index contributed by atoms with van der Waals surface area (Å²) < 4.78 is 34.1. The highest BCUT2D eigenvalue weighted by molar-refractivity contribution is 7.89. The van der Waals surface area contributed by atoms with Crippen LogP contribution in [0.5, 0.6) is 0 Å². The van der Waals surface area contributed by atoms with Crippen LogP contribution in [-0.2, 0) is 21.4 Å². The van der Waals surface area contributed by atoms with E-state index in [0.29, 0.717) is 36.7 Å². The zero-order valence-corrected chi connectivity index (χ0v) is 20.9. The van der Waals surface area contributed by atoms with E-state index >= 15 is 0 Å². The van der Waals surface area contributed by atoms with Gasteiger partial charge in [-0.1, -0.05) is 38.1 Å². The number of carbonyl (C=O) groups excluding carboxylic acids is 1. The van der Waals surface area contributed by atoms with Crippen molar-refractivity contribution in [3.8, 4) is 0 Å². The molecule has 1 saturated heterocycles. The number of rotatable bonds is 8. The van der Waals surface area contributed by atoms with Crippen molar-refractivity contribution in [2.45, 2.75) is 50.2 Å². The molecule has 8 heteroatoms. The molecule has 3 aromatic rings. The Kier molecular flexibility index (Phi) is 7.95. The highest BCUT2D eigenvalue weighted by Crippen LogP contribution is 2.24. The van der Waals surface area contributed by atoms with Gasteiger partial charge in [0.1, 0.15) is 0 Å². The summed E-state index contributed by atoms with van der Waals surface area (Å²) in [5, 5.41) is 2.85. The number of carbonyl (C=O) groups is 1. The Balaban J connectivity index is 1.42. The van der Waals surface area contributed by atoms with Gasteiger partial charge in [-0.2, -0.15) is 4.31 Å². The fourth-order valence-corrected chi connectivity index (χ4v) is 5.60. The summed E-state index contributed by atoms with van der Waals surface area (Å²) in [4.78, 5) is 17.2. The second-order valence-electron chi connectivity index (χ2n) is 9.02. The zero-order chi connectivity index (χ0) is 24.8. The molecule has 1 aliphatic heterocycles. The van der Waals surface area contributed by atoms with Crippen LogP contribution >= 0.6 is 0 Å². The maximum absolute atomic E-state index is 13.4. The van der Waals surface area contributed by atoms with Gasteiger partial charge in [0.2, 0.25) is 10.0 Å². The quantitative estimate of drug-likeness (QED) is 0.486. The molecule has 7 nitrogen and oxygen atoms in total. The van der Waals surface area contributed by atoms with Gasteiger partial charge in [0.15, 0.2) is 0 Å². The zero-order valence-electron chi connectivity index (χ0n) is 20.1. The van der Waals surface area contributed by atoms with Crippen LogP contribution in [0.25, 0.3) is 0 Å². The molecule has 0 saturated carbocycles. The highest BCUT2D eigenvalue weighted by Gasteiger charge is 2.31. The normalized spacial score (nSPS) is 16.8. The van der Waals surface area contributed by atoms with Crippen LogP contribution in [0.4, 0.5) is 5.69 Å². The number of sulfonamides is 1. The van der Waals surface area contributed by atoms with Gasteiger partial charge in [0.05, 0.1) is 23.3 Å². The number of amides is 1. The lowest BCUT2D eigenvalue weighted by molar-refractivity contribution is 0.00665. The van der Waals surface area contributed by atoms with E-state index < -0.39 is 10.0 Å². The molecule has 184 valence electrons. The number of nitrogens with one attached hydrogen (secondary N) is 1. The van der Waals surface area contributed by atoms with Gasteiger partial charge < -0.3 is 10.1 Å². The average Bonchev–Trinajstić information content (AvgIpc) is 2.88. The molecule has 1 aromatic heterocycles. The number of nitrogens with zero attached hydrogens (tertiary/aromatic N) is 2. The molecule has 1 atom stereocenters. The molecule has 0 radical (unpaired) electrons. The summed E-state index contributed by atoms with van der Waals surface area (Å²) in [5.74, 6) is 0.0472. The first-order valence-electron chi connectivity index (χ1n) is 11.9. The van der Waals surface area contributed by atoms with E-state index in [1.807, 2.05) is 42.5 Å². The molecule has 1 amide bonds. The van der Waals surface area contributed by atoms with E-state index in [2.05, 4.69) is 24.1 Å². The van der Waals surface area contributed by atoms with Crippen LogP contribution in [0.1, 0.15) is 54.2 Å². The third-order valence-corrected chi connectivity index (χ3v) is 7.96. The van der Waals surface area contributed by atoms with Crippen LogP contribution in [0, 0.1) is 0 Å². The van der Waals surface area contributed by atoms with Crippen LogP contribution in [0.2, 0.25) is 0 Å². The van der Waals surface area contributed by atoms with E-state index in [9.17, 15) is 13.2 Å². The minimum Gasteiger partial charge on any atom is -0.371 e. The molecule has 1 N–H and O–H groups in total. The Morgan fingerprint density at radius 3 is 2.63 bits per heavy atom. The van der Waals surface area contributed by atoms with Crippen molar-refractivity contribution in [1.29, 1.82) is 0 Å². The van der Waals surface area contributed by atoms with E-state index in [1.165, 1.54) is 22.0 Å². The number of piperidine rings is 1. The third kappa shape index (κ3) is 6.33. The van der Waals surface area contributed by atoms with Crippen LogP contribution < -0.4 is 5.32 Å². The van der Waals surface area contributed by atoms with E-state index in [0.717, 1.165) is 12.1 Å². The summed E-state index contributed by atoms with van der Waals surface area (Å²) in [6, 6.07) is 19.5. The van der Waals surface area contributed by atoms with Crippen LogP contribution in [0.15, 0.2) is 77.8 Å². The molecule has 1 unspecified atom stereocenters. The Labute approximate surface area is 207 Å². The first-order valence-corrected chi connectivity index (χ1v) is 13.3. The van der Waals surface area contributed by atoms with Crippen molar-refractivity contribution >= 4 is 21.6 Å². The molecule has 35 heavy (non-hydrogen) atoms. The van der Waals surface area contributed by atoms with E-state index in [-0.39, 0.29) is 23.5 Å². The minimum absolute atomic E-state index is 0.102. The summed E-state index contributed by atoms with van der Waals surface area (Å²) in [6.45, 7) is 5.25. The lowest BCUT2D eigenvalue weighted by Gasteiger charge is -2.31. The number of pyridine rings is 1. The Morgan fingerprint density at radius 1 is 1.11 bits per heavy atom. The average molecular weight is 494 g/mol. The lowest BCUT2D eigenvalue weighted by atomic mass is 10.0.